The standard InChI is InChI=1S/C24H36N2O4S/c1-3-13-25(19-21-9-5-7-11-23(21)27)15-17-31(29,30)18-16-26(14-4-2)20-22-10-6-8-12-24(22)28/h5-12,27-28H,3-4,13-20H2,1-2H3. The molecule has 172 valence electrons. The second kappa shape index (κ2) is 12.7. The maximum atomic E-state index is 12.7. The van der Waals surface area contributed by atoms with Gasteiger partial charge in [-0.3, -0.25) is 9.80 Å². The third-order valence-electron chi connectivity index (χ3n) is 5.29. The van der Waals surface area contributed by atoms with Gasteiger partial charge in [0.2, 0.25) is 0 Å². The van der Waals surface area contributed by atoms with Crippen LogP contribution < -0.4 is 0 Å². The molecule has 2 rings (SSSR count). The van der Waals surface area contributed by atoms with Crippen molar-refractivity contribution in [3.8, 4) is 11.5 Å². The van der Waals surface area contributed by atoms with Gasteiger partial charge in [0.15, 0.2) is 9.84 Å². The van der Waals surface area contributed by atoms with Gasteiger partial charge >= 0.3 is 0 Å². The first-order valence-corrected chi connectivity index (χ1v) is 12.9. The van der Waals surface area contributed by atoms with Crippen LogP contribution in [0.25, 0.3) is 0 Å². The predicted octanol–water partition coefficient (Wildman–Crippen LogP) is 3.64. The Morgan fingerprint density at radius 1 is 0.677 bits per heavy atom. The fourth-order valence-electron chi connectivity index (χ4n) is 3.58. The topological polar surface area (TPSA) is 81.1 Å². The van der Waals surface area contributed by atoms with Crippen LogP contribution in [0.3, 0.4) is 0 Å². The van der Waals surface area contributed by atoms with E-state index in [0.29, 0.717) is 26.2 Å². The largest absolute Gasteiger partial charge is 0.508 e. The van der Waals surface area contributed by atoms with Crippen LogP contribution in [-0.2, 0) is 22.9 Å². The highest BCUT2D eigenvalue weighted by molar-refractivity contribution is 7.91. The molecular formula is C24H36N2O4S. The van der Waals surface area contributed by atoms with Gasteiger partial charge in [-0.2, -0.15) is 0 Å². The van der Waals surface area contributed by atoms with Gasteiger partial charge in [0, 0.05) is 37.3 Å². The second-order valence-corrected chi connectivity index (χ2v) is 10.3. The maximum Gasteiger partial charge on any atom is 0.152 e. The average molecular weight is 449 g/mol. The Kier molecular flexibility index (Phi) is 10.3. The predicted molar refractivity (Wildman–Crippen MR) is 126 cm³/mol. The van der Waals surface area contributed by atoms with E-state index in [-0.39, 0.29) is 23.0 Å². The van der Waals surface area contributed by atoms with Crippen molar-refractivity contribution in [2.75, 3.05) is 37.7 Å². The molecule has 0 bridgehead atoms. The van der Waals surface area contributed by atoms with E-state index in [4.69, 9.17) is 0 Å². The van der Waals surface area contributed by atoms with E-state index in [9.17, 15) is 18.6 Å². The lowest BCUT2D eigenvalue weighted by Gasteiger charge is -2.24. The molecule has 0 fully saturated rings. The van der Waals surface area contributed by atoms with Gasteiger partial charge in [0.05, 0.1) is 11.5 Å². The summed E-state index contributed by atoms with van der Waals surface area (Å²) in [6.45, 7) is 7.63. The number of aromatic hydroxyl groups is 2. The minimum Gasteiger partial charge on any atom is -0.508 e. The number of hydrogen-bond acceptors (Lipinski definition) is 6. The Bertz CT molecular complexity index is 834. The number of phenols is 2. The summed E-state index contributed by atoms with van der Waals surface area (Å²) in [5.41, 5.74) is 1.62. The van der Waals surface area contributed by atoms with Gasteiger partial charge in [0.25, 0.3) is 0 Å². The first-order valence-electron chi connectivity index (χ1n) is 11.0. The zero-order chi connectivity index (χ0) is 22.7. The van der Waals surface area contributed by atoms with E-state index in [1.54, 1.807) is 24.3 Å². The summed E-state index contributed by atoms with van der Waals surface area (Å²) in [5, 5.41) is 20.0. The van der Waals surface area contributed by atoms with E-state index in [0.717, 1.165) is 37.1 Å². The quantitative estimate of drug-likeness (QED) is 0.459. The molecular weight excluding hydrogens is 412 g/mol. The van der Waals surface area contributed by atoms with Crippen molar-refractivity contribution >= 4 is 9.84 Å². The van der Waals surface area contributed by atoms with Crippen molar-refractivity contribution < 1.29 is 18.6 Å². The smallest absolute Gasteiger partial charge is 0.152 e. The number of sulfone groups is 1. The fraction of sp³-hybridized carbons (Fsp3) is 0.500. The summed E-state index contributed by atoms with van der Waals surface area (Å²) >= 11 is 0. The van der Waals surface area contributed by atoms with E-state index >= 15 is 0 Å². The summed E-state index contributed by atoms with van der Waals surface area (Å²) in [6.07, 6.45) is 1.83. The number of nitrogens with zero attached hydrogens (tertiary/aromatic N) is 2. The Morgan fingerprint density at radius 2 is 1.06 bits per heavy atom. The molecule has 0 spiro atoms. The van der Waals surface area contributed by atoms with Crippen LogP contribution in [0.5, 0.6) is 11.5 Å². The zero-order valence-electron chi connectivity index (χ0n) is 18.7. The monoisotopic (exact) mass is 448 g/mol. The molecule has 31 heavy (non-hydrogen) atoms. The Labute approximate surface area is 187 Å². The molecule has 0 atom stereocenters. The molecule has 0 amide bonds. The molecule has 0 unspecified atom stereocenters. The molecule has 0 aliphatic rings. The van der Waals surface area contributed by atoms with E-state index < -0.39 is 9.84 Å². The molecule has 0 radical (unpaired) electrons. The van der Waals surface area contributed by atoms with Gasteiger partial charge < -0.3 is 10.2 Å². The third-order valence-corrected chi connectivity index (χ3v) is 6.90. The SMILES string of the molecule is CCCN(CCS(=O)(=O)CCN(CCC)Cc1ccccc1O)Cc1ccccc1O. The summed E-state index contributed by atoms with van der Waals surface area (Å²) in [7, 11) is -3.22. The zero-order valence-corrected chi connectivity index (χ0v) is 19.5. The fourth-order valence-corrected chi connectivity index (χ4v) is 4.86. The summed E-state index contributed by atoms with van der Waals surface area (Å²) < 4.78 is 25.5. The van der Waals surface area contributed by atoms with Crippen molar-refractivity contribution in [1.29, 1.82) is 0 Å². The molecule has 0 heterocycles. The van der Waals surface area contributed by atoms with E-state index in [1.807, 2.05) is 24.3 Å². The summed E-state index contributed by atoms with van der Waals surface area (Å²) in [4.78, 5) is 4.16. The van der Waals surface area contributed by atoms with Gasteiger partial charge in [-0.25, -0.2) is 8.42 Å². The lowest BCUT2D eigenvalue weighted by molar-refractivity contribution is 0.273. The highest BCUT2D eigenvalue weighted by atomic mass is 32.2. The molecule has 0 aliphatic heterocycles. The van der Waals surface area contributed by atoms with Crippen molar-refractivity contribution in [2.24, 2.45) is 0 Å². The molecule has 0 aliphatic carbocycles. The second-order valence-electron chi connectivity index (χ2n) is 7.96. The van der Waals surface area contributed by atoms with Crippen molar-refractivity contribution in [1.82, 2.24) is 9.80 Å². The van der Waals surface area contributed by atoms with Crippen LogP contribution in [0.2, 0.25) is 0 Å². The summed E-state index contributed by atoms with van der Waals surface area (Å²) in [5.74, 6) is 0.672. The number of para-hydroxylation sites is 2. The molecule has 2 aromatic rings. The van der Waals surface area contributed by atoms with Crippen LogP contribution in [0.4, 0.5) is 0 Å². The molecule has 0 saturated heterocycles. The minimum absolute atomic E-state index is 0.0944. The molecule has 7 heteroatoms. The third kappa shape index (κ3) is 8.89. The lowest BCUT2D eigenvalue weighted by Crippen LogP contribution is -2.34. The molecule has 6 nitrogen and oxygen atoms in total. The maximum absolute atomic E-state index is 12.7. The van der Waals surface area contributed by atoms with Crippen LogP contribution in [0, 0.1) is 0 Å². The molecule has 0 aromatic heterocycles. The molecule has 0 saturated carbocycles. The summed E-state index contributed by atoms with van der Waals surface area (Å²) in [6, 6.07) is 14.4. The van der Waals surface area contributed by atoms with Crippen molar-refractivity contribution in [2.45, 2.75) is 39.8 Å². The van der Waals surface area contributed by atoms with Crippen molar-refractivity contribution in [3.05, 3.63) is 59.7 Å². The Morgan fingerprint density at radius 3 is 1.42 bits per heavy atom. The van der Waals surface area contributed by atoms with Gasteiger partial charge in [-0.05, 0) is 38.1 Å². The first-order chi connectivity index (χ1) is 14.8. The lowest BCUT2D eigenvalue weighted by atomic mass is 10.2. The van der Waals surface area contributed by atoms with E-state index in [2.05, 4.69) is 23.6 Å². The number of rotatable bonds is 14. The van der Waals surface area contributed by atoms with Crippen molar-refractivity contribution in [3.63, 3.8) is 0 Å². The van der Waals surface area contributed by atoms with Crippen LogP contribution in [0.15, 0.2) is 48.5 Å². The van der Waals surface area contributed by atoms with Crippen LogP contribution in [-0.4, -0.2) is 66.1 Å². The Hall–Kier alpha value is -2.09. The van der Waals surface area contributed by atoms with Gasteiger partial charge in [0.1, 0.15) is 11.5 Å². The highest BCUT2D eigenvalue weighted by Crippen LogP contribution is 2.19. The number of hydrogen-bond donors (Lipinski definition) is 2. The van der Waals surface area contributed by atoms with Gasteiger partial charge in [-0.15, -0.1) is 0 Å². The number of phenolic OH excluding ortho intramolecular Hbond substituents is 2. The van der Waals surface area contributed by atoms with Crippen LogP contribution in [0.1, 0.15) is 37.8 Å². The normalized spacial score (nSPS) is 12.0. The van der Waals surface area contributed by atoms with Crippen LogP contribution >= 0.6 is 0 Å². The first kappa shape index (κ1) is 25.2. The highest BCUT2D eigenvalue weighted by Gasteiger charge is 2.17. The van der Waals surface area contributed by atoms with E-state index in [1.165, 1.54) is 0 Å². The minimum atomic E-state index is -3.22. The number of benzene rings is 2. The average Bonchev–Trinajstić information content (AvgIpc) is 2.74. The molecule has 2 aromatic carbocycles. The molecule has 2 N–H and O–H groups in total. The van der Waals surface area contributed by atoms with Gasteiger partial charge in [-0.1, -0.05) is 50.2 Å². The Balaban J connectivity index is 1.92.